The molecule has 0 radical (unpaired) electrons. The van der Waals surface area contributed by atoms with Gasteiger partial charge in [-0.15, -0.1) is 0 Å². The van der Waals surface area contributed by atoms with Crippen LogP contribution in [0.1, 0.15) is 53.7 Å². The lowest BCUT2D eigenvalue weighted by molar-refractivity contribution is -0.131. The first-order chi connectivity index (χ1) is 15.7. The third-order valence-corrected chi connectivity index (χ3v) is 6.38. The average Bonchev–Trinajstić information content (AvgIpc) is 3.19. The molecular formula is C27H34FNO4. The summed E-state index contributed by atoms with van der Waals surface area (Å²) in [4.78, 5) is 13.2. The maximum atomic E-state index is 13.9. The molecule has 6 heteroatoms. The van der Waals surface area contributed by atoms with Crippen LogP contribution < -0.4 is 0 Å². The van der Waals surface area contributed by atoms with E-state index in [9.17, 15) is 14.3 Å². The van der Waals surface area contributed by atoms with Crippen molar-refractivity contribution in [3.63, 3.8) is 0 Å². The number of aliphatic hydroxyl groups is 1. The van der Waals surface area contributed by atoms with Crippen LogP contribution in [0.2, 0.25) is 0 Å². The van der Waals surface area contributed by atoms with Crippen molar-refractivity contribution < 1.29 is 24.1 Å². The molecule has 0 aromatic heterocycles. The summed E-state index contributed by atoms with van der Waals surface area (Å²) in [5.41, 5.74) is 4.31. The zero-order valence-electron chi connectivity index (χ0n) is 19.6. The van der Waals surface area contributed by atoms with Crippen LogP contribution in [0, 0.1) is 19.7 Å². The SMILES string of the molecule is Cc1ccc(C[C@@H]2CCCN2C[C@@H](O)CO[C@H](C)c2cccc(C)c2/C=C/C(=O)O)cc1F. The Balaban J connectivity index is 1.56. The number of aryl methyl sites for hydroxylation is 2. The van der Waals surface area contributed by atoms with Gasteiger partial charge >= 0.3 is 5.97 Å². The van der Waals surface area contributed by atoms with Crippen LogP contribution in [-0.2, 0) is 16.0 Å². The number of carboxylic acid groups (broad SMARTS) is 1. The van der Waals surface area contributed by atoms with Crippen molar-refractivity contribution in [2.75, 3.05) is 19.7 Å². The lowest BCUT2D eigenvalue weighted by Crippen LogP contribution is -2.39. The van der Waals surface area contributed by atoms with Crippen LogP contribution >= 0.6 is 0 Å². The molecule has 1 heterocycles. The molecule has 0 aliphatic carbocycles. The number of carbonyl (C=O) groups is 1. The summed E-state index contributed by atoms with van der Waals surface area (Å²) in [6.07, 6.45) is 4.63. The van der Waals surface area contributed by atoms with E-state index in [1.54, 1.807) is 19.1 Å². The number of β-amino-alcohol motifs (C(OH)–C–C–N with tert-alkyl or cyclic N) is 1. The average molecular weight is 456 g/mol. The molecule has 1 saturated heterocycles. The van der Waals surface area contributed by atoms with Gasteiger partial charge < -0.3 is 14.9 Å². The highest BCUT2D eigenvalue weighted by atomic mass is 19.1. The number of hydrogen-bond donors (Lipinski definition) is 2. The first-order valence-electron chi connectivity index (χ1n) is 11.5. The molecule has 2 N–H and O–H groups in total. The molecule has 0 saturated carbocycles. The van der Waals surface area contributed by atoms with Gasteiger partial charge in [0.2, 0.25) is 0 Å². The molecule has 3 atom stereocenters. The Labute approximate surface area is 195 Å². The minimum Gasteiger partial charge on any atom is -0.478 e. The van der Waals surface area contributed by atoms with Gasteiger partial charge in [0.05, 0.1) is 18.8 Å². The van der Waals surface area contributed by atoms with Gasteiger partial charge in [-0.2, -0.15) is 0 Å². The van der Waals surface area contributed by atoms with Crippen molar-refractivity contribution in [1.82, 2.24) is 4.90 Å². The molecule has 0 unspecified atom stereocenters. The van der Waals surface area contributed by atoms with Gasteiger partial charge in [-0.25, -0.2) is 9.18 Å². The van der Waals surface area contributed by atoms with Crippen LogP contribution in [0.4, 0.5) is 4.39 Å². The first kappa shape index (κ1) is 25.1. The molecular weight excluding hydrogens is 421 g/mol. The van der Waals surface area contributed by atoms with Crippen LogP contribution in [0.25, 0.3) is 6.08 Å². The third kappa shape index (κ3) is 6.97. The van der Waals surface area contributed by atoms with Gasteiger partial charge in [0.1, 0.15) is 5.82 Å². The molecule has 0 amide bonds. The first-order valence-corrected chi connectivity index (χ1v) is 11.5. The summed E-state index contributed by atoms with van der Waals surface area (Å²) < 4.78 is 19.9. The van der Waals surface area contributed by atoms with Crippen molar-refractivity contribution >= 4 is 12.0 Å². The fourth-order valence-electron chi connectivity index (χ4n) is 4.51. The highest BCUT2D eigenvalue weighted by molar-refractivity contribution is 5.86. The lowest BCUT2D eigenvalue weighted by atomic mass is 9.98. The number of nitrogens with zero attached hydrogens (tertiary/aromatic N) is 1. The number of hydrogen-bond acceptors (Lipinski definition) is 4. The van der Waals surface area contributed by atoms with Crippen LogP contribution in [-0.4, -0.2) is 52.9 Å². The number of aliphatic hydroxyl groups excluding tert-OH is 1. The molecule has 0 bridgehead atoms. The number of rotatable bonds is 10. The normalized spacial score (nSPS) is 18.6. The van der Waals surface area contributed by atoms with E-state index in [0.717, 1.165) is 54.1 Å². The fourth-order valence-corrected chi connectivity index (χ4v) is 4.51. The molecule has 1 aliphatic heterocycles. The quantitative estimate of drug-likeness (QED) is 0.509. The zero-order chi connectivity index (χ0) is 24.0. The van der Waals surface area contributed by atoms with Gasteiger partial charge in [0.25, 0.3) is 0 Å². The van der Waals surface area contributed by atoms with Crippen molar-refractivity contribution in [3.8, 4) is 0 Å². The van der Waals surface area contributed by atoms with Gasteiger partial charge in [0.15, 0.2) is 0 Å². The molecule has 0 spiro atoms. The number of aliphatic carboxylic acids is 1. The smallest absolute Gasteiger partial charge is 0.328 e. The van der Waals surface area contributed by atoms with E-state index in [1.165, 1.54) is 0 Å². The van der Waals surface area contributed by atoms with E-state index in [4.69, 9.17) is 9.84 Å². The second-order valence-corrected chi connectivity index (χ2v) is 8.96. The van der Waals surface area contributed by atoms with Crippen molar-refractivity contribution in [1.29, 1.82) is 0 Å². The van der Waals surface area contributed by atoms with E-state index < -0.39 is 12.1 Å². The molecule has 2 aromatic rings. The minimum absolute atomic E-state index is 0.173. The molecule has 33 heavy (non-hydrogen) atoms. The Bertz CT molecular complexity index is 990. The number of carboxylic acids is 1. The molecule has 1 fully saturated rings. The van der Waals surface area contributed by atoms with Crippen LogP contribution in [0.3, 0.4) is 0 Å². The van der Waals surface area contributed by atoms with E-state index in [0.29, 0.717) is 12.1 Å². The lowest BCUT2D eigenvalue weighted by Gasteiger charge is -2.28. The maximum absolute atomic E-state index is 13.9. The predicted molar refractivity (Wildman–Crippen MR) is 128 cm³/mol. The highest BCUT2D eigenvalue weighted by Gasteiger charge is 2.27. The molecule has 5 nitrogen and oxygen atoms in total. The summed E-state index contributed by atoms with van der Waals surface area (Å²) >= 11 is 0. The third-order valence-electron chi connectivity index (χ3n) is 6.38. The predicted octanol–water partition coefficient (Wildman–Crippen LogP) is 4.69. The van der Waals surface area contributed by atoms with Crippen LogP contribution in [0.15, 0.2) is 42.5 Å². The van der Waals surface area contributed by atoms with E-state index in [1.807, 2.05) is 44.2 Å². The van der Waals surface area contributed by atoms with Gasteiger partial charge in [-0.05, 0) is 86.5 Å². The topological polar surface area (TPSA) is 70.0 Å². The number of ether oxygens (including phenoxy) is 1. The Kier molecular flexibility index (Phi) is 8.78. The summed E-state index contributed by atoms with van der Waals surface area (Å²) in [5.74, 6) is -1.17. The number of likely N-dealkylation sites (tertiary alicyclic amines) is 1. The Morgan fingerprint density at radius 3 is 2.79 bits per heavy atom. The molecule has 2 aromatic carbocycles. The van der Waals surface area contributed by atoms with E-state index in [-0.39, 0.29) is 24.6 Å². The standard InChI is InChI=1S/C27H34FNO4/c1-18-6-4-8-25(24(18)11-12-27(31)32)20(3)33-17-23(30)16-29-13-5-7-22(29)14-21-10-9-19(2)26(28)15-21/h4,6,8-12,15,20,22-23,30H,5,7,13-14,16-17H2,1-3H3,(H,31,32)/b12-11+/t20-,22+,23-/m1/s1. The summed E-state index contributed by atoms with van der Waals surface area (Å²) in [6.45, 7) is 7.20. The summed E-state index contributed by atoms with van der Waals surface area (Å²) in [6, 6.07) is 11.5. The highest BCUT2D eigenvalue weighted by Crippen LogP contribution is 2.26. The zero-order valence-corrected chi connectivity index (χ0v) is 19.6. The number of benzene rings is 2. The van der Waals surface area contributed by atoms with Crippen molar-refractivity contribution in [3.05, 3.63) is 76.1 Å². The Morgan fingerprint density at radius 1 is 1.27 bits per heavy atom. The van der Waals surface area contributed by atoms with Crippen molar-refractivity contribution in [2.24, 2.45) is 0 Å². The molecule has 3 rings (SSSR count). The second kappa shape index (κ2) is 11.5. The largest absolute Gasteiger partial charge is 0.478 e. The summed E-state index contributed by atoms with van der Waals surface area (Å²) in [5, 5.41) is 19.6. The Hall–Kier alpha value is -2.54. The fraction of sp³-hybridized carbons (Fsp3) is 0.444. The maximum Gasteiger partial charge on any atom is 0.328 e. The van der Waals surface area contributed by atoms with Gasteiger partial charge in [-0.3, -0.25) is 4.90 Å². The van der Waals surface area contributed by atoms with E-state index >= 15 is 0 Å². The number of halogens is 1. The molecule has 1 aliphatic rings. The molecule has 178 valence electrons. The van der Waals surface area contributed by atoms with E-state index in [2.05, 4.69) is 4.90 Å². The minimum atomic E-state index is -0.998. The Morgan fingerprint density at radius 2 is 2.06 bits per heavy atom. The second-order valence-electron chi connectivity index (χ2n) is 8.96. The van der Waals surface area contributed by atoms with Crippen molar-refractivity contribution in [2.45, 2.75) is 58.3 Å². The summed E-state index contributed by atoms with van der Waals surface area (Å²) in [7, 11) is 0. The van der Waals surface area contributed by atoms with Crippen LogP contribution in [0.5, 0.6) is 0 Å². The van der Waals surface area contributed by atoms with Gasteiger partial charge in [-0.1, -0.05) is 30.3 Å². The monoisotopic (exact) mass is 455 g/mol. The van der Waals surface area contributed by atoms with Gasteiger partial charge in [0, 0.05) is 18.7 Å².